The smallest absolute Gasteiger partial charge is 0.323 e. The number of hydrogen-bond donors (Lipinski definition) is 2. The number of urea groups is 1. The highest BCUT2D eigenvalue weighted by atomic mass is 16.2. The average molecular weight is 380 g/mol. The van der Waals surface area contributed by atoms with Gasteiger partial charge >= 0.3 is 6.03 Å². The van der Waals surface area contributed by atoms with Gasteiger partial charge in [0.15, 0.2) is 5.82 Å². The normalized spacial score (nSPS) is 23.3. The maximum absolute atomic E-state index is 12.8. The van der Waals surface area contributed by atoms with Crippen molar-refractivity contribution in [1.29, 1.82) is 0 Å². The molecule has 0 aromatic carbocycles. The van der Waals surface area contributed by atoms with Gasteiger partial charge in [0, 0.05) is 37.5 Å². The summed E-state index contributed by atoms with van der Waals surface area (Å²) in [5.41, 5.74) is 7.71. The van der Waals surface area contributed by atoms with E-state index in [9.17, 15) is 4.79 Å². The van der Waals surface area contributed by atoms with Gasteiger partial charge in [-0.05, 0) is 51.9 Å². The molecule has 0 saturated carbocycles. The van der Waals surface area contributed by atoms with Gasteiger partial charge in [0.2, 0.25) is 0 Å². The number of carbonyl (C=O) groups excluding carboxylic acids is 1. The summed E-state index contributed by atoms with van der Waals surface area (Å²) in [6, 6.07) is 3.25. The van der Waals surface area contributed by atoms with Crippen LogP contribution >= 0.6 is 0 Å². The highest BCUT2D eigenvalue weighted by Crippen LogP contribution is 2.38. The van der Waals surface area contributed by atoms with Crippen molar-refractivity contribution in [3.05, 3.63) is 24.0 Å². The Morgan fingerprint density at radius 2 is 2.21 bits per heavy atom. The molecule has 28 heavy (non-hydrogen) atoms. The lowest BCUT2D eigenvalue weighted by Gasteiger charge is -2.38. The summed E-state index contributed by atoms with van der Waals surface area (Å²) in [5, 5.41) is 2.86. The number of hydrogen-bond acceptors (Lipinski definition) is 5. The van der Waals surface area contributed by atoms with E-state index in [1.54, 1.807) is 31.5 Å². The number of allylic oxidation sites excluding steroid dienone is 1. The topological polar surface area (TPSA) is 86.8 Å². The fourth-order valence-corrected chi connectivity index (χ4v) is 4.12. The quantitative estimate of drug-likeness (QED) is 0.623. The first-order valence-electron chi connectivity index (χ1n) is 9.62. The summed E-state index contributed by atoms with van der Waals surface area (Å²) in [4.78, 5) is 25.5. The number of terminal acetylenes is 1. The SMILES string of the molecule is C#C/C(=C\N=CC)c1ccc(N)c(NC(=O)N2CCC3(CCCN(C)C3)C2)n1. The number of pyridine rings is 1. The molecule has 2 saturated heterocycles. The average Bonchev–Trinajstić information content (AvgIpc) is 3.07. The van der Waals surface area contributed by atoms with E-state index < -0.39 is 0 Å². The number of nitrogen functional groups attached to an aromatic ring is 1. The van der Waals surface area contributed by atoms with Crippen LogP contribution in [0.2, 0.25) is 0 Å². The summed E-state index contributed by atoms with van der Waals surface area (Å²) in [6.07, 6.45) is 12.2. The van der Waals surface area contributed by atoms with Gasteiger partial charge < -0.3 is 15.5 Å². The molecule has 2 aliphatic heterocycles. The largest absolute Gasteiger partial charge is 0.396 e. The zero-order valence-electron chi connectivity index (χ0n) is 16.6. The molecule has 0 bridgehead atoms. The van der Waals surface area contributed by atoms with E-state index in [0.717, 1.165) is 32.6 Å². The fourth-order valence-electron chi connectivity index (χ4n) is 4.12. The number of nitrogens with one attached hydrogen (secondary N) is 1. The van der Waals surface area contributed by atoms with E-state index in [1.807, 2.05) is 4.90 Å². The third-order valence-electron chi connectivity index (χ3n) is 5.51. The first-order valence-corrected chi connectivity index (χ1v) is 9.62. The molecule has 2 aliphatic rings. The molecular formula is C21H28N6O. The molecule has 1 unspecified atom stereocenters. The molecule has 148 valence electrons. The summed E-state index contributed by atoms with van der Waals surface area (Å²) in [5.74, 6) is 2.89. The maximum Gasteiger partial charge on any atom is 0.323 e. The number of likely N-dealkylation sites (tertiary alicyclic amines) is 2. The highest BCUT2D eigenvalue weighted by Gasteiger charge is 2.42. The Bertz CT molecular complexity index is 840. The van der Waals surface area contributed by atoms with E-state index in [2.05, 4.69) is 33.2 Å². The van der Waals surface area contributed by atoms with Crippen LogP contribution in [0.15, 0.2) is 23.3 Å². The second-order valence-electron chi connectivity index (χ2n) is 7.67. The van der Waals surface area contributed by atoms with Gasteiger partial charge in [-0.25, -0.2) is 9.78 Å². The Morgan fingerprint density at radius 3 is 2.93 bits per heavy atom. The van der Waals surface area contributed by atoms with Gasteiger partial charge in [-0.1, -0.05) is 5.92 Å². The number of anilines is 2. The molecule has 2 fully saturated rings. The number of aliphatic imine (C=N–C) groups is 1. The molecule has 1 atom stereocenters. The first kappa shape index (κ1) is 19.9. The lowest BCUT2D eigenvalue weighted by molar-refractivity contribution is 0.117. The minimum absolute atomic E-state index is 0.167. The van der Waals surface area contributed by atoms with Crippen molar-refractivity contribution in [3.63, 3.8) is 0 Å². The predicted octanol–water partition coefficient (Wildman–Crippen LogP) is 2.68. The predicted molar refractivity (Wildman–Crippen MR) is 114 cm³/mol. The van der Waals surface area contributed by atoms with Crippen molar-refractivity contribution >= 4 is 29.3 Å². The van der Waals surface area contributed by atoms with Gasteiger partial charge in [0.1, 0.15) is 0 Å². The monoisotopic (exact) mass is 380 g/mol. The van der Waals surface area contributed by atoms with Crippen LogP contribution in [0.5, 0.6) is 0 Å². The summed E-state index contributed by atoms with van der Waals surface area (Å²) in [6.45, 7) is 5.50. The van der Waals surface area contributed by atoms with Crippen LogP contribution in [0.3, 0.4) is 0 Å². The summed E-state index contributed by atoms with van der Waals surface area (Å²) >= 11 is 0. The van der Waals surface area contributed by atoms with Gasteiger partial charge in [-0.15, -0.1) is 6.42 Å². The third-order valence-corrected chi connectivity index (χ3v) is 5.51. The van der Waals surface area contributed by atoms with Crippen LogP contribution < -0.4 is 11.1 Å². The number of nitrogens with zero attached hydrogens (tertiary/aromatic N) is 4. The molecule has 1 aromatic rings. The maximum atomic E-state index is 12.8. The van der Waals surface area contributed by atoms with E-state index in [1.165, 1.54) is 12.8 Å². The van der Waals surface area contributed by atoms with Crippen molar-refractivity contribution in [2.24, 2.45) is 10.4 Å². The van der Waals surface area contributed by atoms with Gasteiger partial charge in [-0.3, -0.25) is 10.3 Å². The number of carbonyl (C=O) groups is 1. The van der Waals surface area contributed by atoms with Crippen molar-refractivity contribution in [2.75, 3.05) is 44.3 Å². The van der Waals surface area contributed by atoms with Crippen molar-refractivity contribution in [1.82, 2.24) is 14.8 Å². The lowest BCUT2D eigenvalue weighted by atomic mass is 9.79. The molecule has 0 aliphatic carbocycles. The minimum atomic E-state index is -0.167. The molecule has 0 radical (unpaired) electrons. The molecule has 2 amide bonds. The second-order valence-corrected chi connectivity index (χ2v) is 7.67. The van der Waals surface area contributed by atoms with Crippen LogP contribution in [0.25, 0.3) is 5.57 Å². The number of piperidine rings is 1. The zero-order valence-corrected chi connectivity index (χ0v) is 16.6. The minimum Gasteiger partial charge on any atom is -0.396 e. The summed E-state index contributed by atoms with van der Waals surface area (Å²) < 4.78 is 0. The molecular weight excluding hydrogens is 352 g/mol. The molecule has 3 N–H and O–H groups in total. The van der Waals surface area contributed by atoms with E-state index in [-0.39, 0.29) is 11.4 Å². The number of amides is 2. The Balaban J connectivity index is 1.72. The van der Waals surface area contributed by atoms with E-state index in [4.69, 9.17) is 12.2 Å². The Morgan fingerprint density at radius 1 is 1.39 bits per heavy atom. The highest BCUT2D eigenvalue weighted by molar-refractivity contribution is 5.92. The van der Waals surface area contributed by atoms with Gasteiger partial charge in [-0.2, -0.15) is 0 Å². The van der Waals surface area contributed by atoms with Crippen molar-refractivity contribution < 1.29 is 4.79 Å². The molecule has 1 spiro atoms. The van der Waals surface area contributed by atoms with Gasteiger partial charge in [0.25, 0.3) is 0 Å². The standard InChI is InChI=1S/C21H28N6O/c1-4-16(13-23-5-2)18-8-7-17(22)19(24-18)25-20(28)27-12-10-21(15-27)9-6-11-26(3)14-21/h1,5,7-8,13H,6,9-12,14-15,22H2,2-3H3,(H,24,25,28)/b16-13+,23-5?. The van der Waals surface area contributed by atoms with Crippen LogP contribution in [0, 0.1) is 17.8 Å². The molecule has 1 aromatic heterocycles. The van der Waals surface area contributed by atoms with Crippen LogP contribution in [-0.2, 0) is 0 Å². The summed E-state index contributed by atoms with van der Waals surface area (Å²) in [7, 11) is 2.15. The Kier molecular flexibility index (Phi) is 6.00. The third kappa shape index (κ3) is 4.34. The second kappa shape index (κ2) is 8.44. The molecule has 7 heteroatoms. The van der Waals surface area contributed by atoms with Crippen LogP contribution in [0.4, 0.5) is 16.3 Å². The van der Waals surface area contributed by atoms with Crippen molar-refractivity contribution in [3.8, 4) is 12.3 Å². The molecule has 3 heterocycles. The van der Waals surface area contributed by atoms with E-state index >= 15 is 0 Å². The van der Waals surface area contributed by atoms with Gasteiger partial charge in [0.05, 0.1) is 17.0 Å². The lowest BCUT2D eigenvalue weighted by Crippen LogP contribution is -2.44. The first-order chi connectivity index (χ1) is 13.5. The number of aromatic nitrogens is 1. The fraction of sp³-hybridized carbons (Fsp3) is 0.476. The zero-order chi connectivity index (χ0) is 20.1. The molecule has 7 nitrogen and oxygen atoms in total. The molecule has 3 rings (SSSR count). The van der Waals surface area contributed by atoms with Crippen LogP contribution in [-0.4, -0.2) is 60.3 Å². The Labute approximate surface area is 166 Å². The van der Waals surface area contributed by atoms with E-state index in [0.29, 0.717) is 22.8 Å². The Hall–Kier alpha value is -2.85. The van der Waals surface area contributed by atoms with Crippen LogP contribution in [0.1, 0.15) is 31.9 Å². The number of rotatable bonds is 3. The van der Waals surface area contributed by atoms with Crippen molar-refractivity contribution in [2.45, 2.75) is 26.2 Å². The number of nitrogens with two attached hydrogens (primary N) is 1.